The second kappa shape index (κ2) is 6.58. The van der Waals surface area contributed by atoms with Gasteiger partial charge in [0.15, 0.2) is 0 Å². The van der Waals surface area contributed by atoms with Crippen LogP contribution in [0.15, 0.2) is 31.6 Å². The zero-order valence-corrected chi connectivity index (χ0v) is 15.6. The van der Waals surface area contributed by atoms with Crippen molar-refractivity contribution in [2.75, 3.05) is 12.4 Å². The minimum absolute atomic E-state index is 0.0278. The Morgan fingerprint density at radius 3 is 2.89 bits per heavy atom. The molecule has 0 saturated carbocycles. The summed E-state index contributed by atoms with van der Waals surface area (Å²) in [5, 5.41) is 27.9. The number of ether oxygens (including phenoxy) is 1. The van der Waals surface area contributed by atoms with E-state index in [1.165, 1.54) is 27.2 Å². The summed E-state index contributed by atoms with van der Waals surface area (Å²) in [6.07, 6.45) is 0. The fourth-order valence-corrected chi connectivity index (χ4v) is 3.51. The molecular weight excluding hydrogens is 372 g/mol. The van der Waals surface area contributed by atoms with Gasteiger partial charge < -0.3 is 14.3 Å². The molecule has 1 N–H and O–H groups in total. The fraction of sp³-hybridized carbons (Fsp3) is 0.312. The van der Waals surface area contributed by atoms with Crippen LogP contribution in [0.2, 0.25) is 0 Å². The molecule has 0 unspecified atom stereocenters. The molecule has 1 aliphatic heterocycles. The van der Waals surface area contributed by atoms with Crippen molar-refractivity contribution in [1.29, 1.82) is 0 Å². The van der Waals surface area contributed by atoms with Crippen LogP contribution >= 0.6 is 11.8 Å². The van der Waals surface area contributed by atoms with E-state index in [0.29, 0.717) is 40.8 Å². The average molecular weight is 388 g/mol. The summed E-state index contributed by atoms with van der Waals surface area (Å²) in [4.78, 5) is 12.2. The van der Waals surface area contributed by atoms with E-state index in [-0.39, 0.29) is 11.3 Å². The lowest BCUT2D eigenvalue weighted by molar-refractivity contribution is 0.314. The highest BCUT2D eigenvalue weighted by Crippen LogP contribution is 2.28. The maximum atomic E-state index is 12.2. The quantitative estimate of drug-likeness (QED) is 0.714. The standard InChI is InChI=1S/C16H16N6O4S/c1-4-25-12-5-8(2)19-21(12)15-17-18-16-22(15)20-10(7-27-16)13-11(23)6-9(3)26-14(13)24/h5-6,23H,4,7H2,1-3H3. The third-order valence-electron chi connectivity index (χ3n) is 3.78. The molecule has 140 valence electrons. The van der Waals surface area contributed by atoms with Gasteiger partial charge >= 0.3 is 5.63 Å². The van der Waals surface area contributed by atoms with Crippen LogP contribution in [0.1, 0.15) is 23.9 Å². The number of aromatic nitrogens is 5. The van der Waals surface area contributed by atoms with Crippen molar-refractivity contribution < 1.29 is 14.3 Å². The minimum atomic E-state index is -0.644. The Balaban J connectivity index is 1.85. The summed E-state index contributed by atoms with van der Waals surface area (Å²) in [6, 6.07) is 3.17. The number of aryl methyl sites for hydroxylation is 2. The van der Waals surface area contributed by atoms with Crippen molar-refractivity contribution in [2.24, 2.45) is 5.10 Å². The number of rotatable bonds is 4. The van der Waals surface area contributed by atoms with Crippen LogP contribution < -0.4 is 10.4 Å². The van der Waals surface area contributed by atoms with Crippen LogP contribution in [0, 0.1) is 13.8 Å². The molecule has 3 aromatic heterocycles. The largest absolute Gasteiger partial charge is 0.507 e. The van der Waals surface area contributed by atoms with Crippen molar-refractivity contribution in [3.63, 3.8) is 0 Å². The van der Waals surface area contributed by atoms with E-state index >= 15 is 0 Å². The van der Waals surface area contributed by atoms with Gasteiger partial charge in [-0.2, -0.15) is 19.6 Å². The normalized spacial score (nSPS) is 13.4. The second-order valence-electron chi connectivity index (χ2n) is 5.80. The number of hydrogen-bond acceptors (Lipinski definition) is 9. The molecule has 0 spiro atoms. The number of hydrogen-bond donors (Lipinski definition) is 1. The van der Waals surface area contributed by atoms with Crippen molar-refractivity contribution in [3.8, 4) is 17.6 Å². The highest BCUT2D eigenvalue weighted by atomic mass is 32.2. The monoisotopic (exact) mass is 388 g/mol. The average Bonchev–Trinajstić information content (AvgIpc) is 3.17. The zero-order chi connectivity index (χ0) is 19.1. The van der Waals surface area contributed by atoms with E-state index in [0.717, 1.165) is 5.69 Å². The van der Waals surface area contributed by atoms with E-state index in [1.54, 1.807) is 13.0 Å². The van der Waals surface area contributed by atoms with Crippen molar-refractivity contribution in [1.82, 2.24) is 24.7 Å². The molecule has 0 bridgehead atoms. The van der Waals surface area contributed by atoms with Gasteiger partial charge in [-0.05, 0) is 20.8 Å². The summed E-state index contributed by atoms with van der Waals surface area (Å²) in [7, 11) is 0. The molecular formula is C16H16N6O4S. The van der Waals surface area contributed by atoms with E-state index in [1.807, 2.05) is 13.8 Å². The lowest BCUT2D eigenvalue weighted by atomic mass is 10.2. The molecule has 10 nitrogen and oxygen atoms in total. The first-order valence-corrected chi connectivity index (χ1v) is 9.16. The maximum absolute atomic E-state index is 12.2. The van der Waals surface area contributed by atoms with Crippen LogP contribution in [0.25, 0.3) is 5.95 Å². The molecule has 1 aliphatic rings. The predicted molar refractivity (Wildman–Crippen MR) is 97.1 cm³/mol. The Labute approximate surface area is 157 Å². The van der Waals surface area contributed by atoms with Crippen molar-refractivity contribution in [2.45, 2.75) is 25.9 Å². The zero-order valence-electron chi connectivity index (χ0n) is 14.8. The summed E-state index contributed by atoms with van der Waals surface area (Å²) < 4.78 is 13.7. The fourth-order valence-electron chi connectivity index (χ4n) is 2.70. The summed E-state index contributed by atoms with van der Waals surface area (Å²) in [6.45, 7) is 5.77. The van der Waals surface area contributed by atoms with E-state index in [2.05, 4.69) is 20.4 Å². The third kappa shape index (κ3) is 2.99. The van der Waals surface area contributed by atoms with E-state index in [9.17, 15) is 9.90 Å². The van der Waals surface area contributed by atoms with Gasteiger partial charge in [0.2, 0.25) is 11.0 Å². The molecule has 0 fully saturated rings. The second-order valence-corrected chi connectivity index (χ2v) is 6.75. The van der Waals surface area contributed by atoms with Crippen molar-refractivity contribution in [3.05, 3.63) is 39.6 Å². The first kappa shape index (κ1) is 17.3. The number of aromatic hydroxyl groups is 1. The van der Waals surface area contributed by atoms with Gasteiger partial charge in [-0.15, -0.1) is 10.2 Å². The highest BCUT2D eigenvalue weighted by molar-refractivity contribution is 7.99. The van der Waals surface area contributed by atoms with Gasteiger partial charge in [0.1, 0.15) is 17.1 Å². The Kier molecular flexibility index (Phi) is 4.22. The minimum Gasteiger partial charge on any atom is -0.507 e. The molecule has 3 aromatic rings. The van der Waals surface area contributed by atoms with Gasteiger partial charge in [0.25, 0.3) is 5.95 Å². The van der Waals surface area contributed by atoms with Crippen LogP contribution in [0.4, 0.5) is 0 Å². The molecule has 0 radical (unpaired) electrons. The number of thioether (sulfide) groups is 1. The van der Waals surface area contributed by atoms with E-state index < -0.39 is 5.63 Å². The Morgan fingerprint density at radius 2 is 2.15 bits per heavy atom. The Bertz CT molecular complexity index is 1110. The van der Waals surface area contributed by atoms with E-state index in [4.69, 9.17) is 9.15 Å². The van der Waals surface area contributed by atoms with Crippen LogP contribution in [0.3, 0.4) is 0 Å². The van der Waals surface area contributed by atoms with Crippen LogP contribution in [-0.2, 0) is 0 Å². The SMILES string of the molecule is CCOc1cc(C)nn1-c1nnc2n1N=C(c1c(O)cc(C)oc1=O)CS2. The van der Waals surface area contributed by atoms with Gasteiger partial charge in [-0.25, -0.2) is 4.79 Å². The first-order chi connectivity index (χ1) is 13.0. The highest BCUT2D eigenvalue weighted by Gasteiger charge is 2.26. The third-order valence-corrected chi connectivity index (χ3v) is 4.71. The molecule has 0 aromatic carbocycles. The van der Waals surface area contributed by atoms with Crippen LogP contribution in [0.5, 0.6) is 11.6 Å². The molecule has 27 heavy (non-hydrogen) atoms. The van der Waals surface area contributed by atoms with Crippen LogP contribution in [-0.4, -0.2) is 47.8 Å². The lowest BCUT2D eigenvalue weighted by Gasteiger charge is -2.14. The molecule has 0 aliphatic carbocycles. The van der Waals surface area contributed by atoms with Gasteiger partial charge in [-0.1, -0.05) is 11.8 Å². The number of nitrogens with zero attached hydrogens (tertiary/aromatic N) is 6. The lowest BCUT2D eigenvalue weighted by Crippen LogP contribution is -2.22. The maximum Gasteiger partial charge on any atom is 0.348 e. The smallest absolute Gasteiger partial charge is 0.348 e. The topological polar surface area (TPSA) is 121 Å². The number of fused-ring (bicyclic) bond motifs is 1. The molecule has 0 atom stereocenters. The van der Waals surface area contributed by atoms with Crippen molar-refractivity contribution >= 4 is 17.5 Å². The molecule has 4 rings (SSSR count). The molecule has 4 heterocycles. The summed E-state index contributed by atoms with van der Waals surface area (Å²) >= 11 is 1.34. The molecule has 11 heteroatoms. The Morgan fingerprint density at radius 1 is 1.33 bits per heavy atom. The predicted octanol–water partition coefficient (Wildman–Crippen LogP) is 1.50. The van der Waals surface area contributed by atoms with Gasteiger partial charge in [-0.3, -0.25) is 0 Å². The van der Waals surface area contributed by atoms with Gasteiger partial charge in [0, 0.05) is 17.9 Å². The summed E-state index contributed by atoms with van der Waals surface area (Å²) in [5.74, 6) is 1.32. The molecule has 0 saturated heterocycles. The Hall–Kier alpha value is -3.08. The van der Waals surface area contributed by atoms with Gasteiger partial charge in [0.05, 0.1) is 18.0 Å². The first-order valence-electron chi connectivity index (χ1n) is 8.18. The summed E-state index contributed by atoms with van der Waals surface area (Å²) in [5.41, 5.74) is 0.497. The molecule has 0 amide bonds.